The molecule has 0 bridgehead atoms. The van der Waals surface area contributed by atoms with Gasteiger partial charge in [0.1, 0.15) is 13.2 Å². The van der Waals surface area contributed by atoms with E-state index in [-0.39, 0.29) is 44.0 Å². The maximum Gasteiger partial charge on any atom is 0.306 e. The topological polar surface area (TPSA) is 78.9 Å². The Hall–Kier alpha value is -3.93. The van der Waals surface area contributed by atoms with E-state index in [4.69, 9.17) is 14.2 Å². The highest BCUT2D eigenvalue weighted by molar-refractivity contribution is 5.71. The van der Waals surface area contributed by atoms with Gasteiger partial charge in [0.25, 0.3) is 0 Å². The van der Waals surface area contributed by atoms with Gasteiger partial charge in [-0.1, -0.05) is 162 Å². The molecule has 6 nitrogen and oxygen atoms in total. The number of hydrogen-bond acceptors (Lipinski definition) is 6. The van der Waals surface area contributed by atoms with Crippen molar-refractivity contribution in [2.45, 2.75) is 168 Å². The van der Waals surface area contributed by atoms with Gasteiger partial charge in [0, 0.05) is 19.3 Å². The lowest BCUT2D eigenvalue weighted by atomic mass is 10.1. The monoisotopic (exact) mass is 761 g/mol. The highest BCUT2D eigenvalue weighted by Crippen LogP contribution is 2.12. The van der Waals surface area contributed by atoms with Crippen molar-refractivity contribution in [3.63, 3.8) is 0 Å². The summed E-state index contributed by atoms with van der Waals surface area (Å²) in [5, 5.41) is 0. The number of esters is 3. The summed E-state index contributed by atoms with van der Waals surface area (Å²) in [4.78, 5) is 37.6. The van der Waals surface area contributed by atoms with Gasteiger partial charge in [0.05, 0.1) is 0 Å². The summed E-state index contributed by atoms with van der Waals surface area (Å²) in [5.41, 5.74) is 0. The SMILES string of the molecule is CC\C=C/C=C\C=C/CCCCCCCCCC(=O)OCC(COC(=O)CCC/C=C\C/C=C\C/C=C\CC)OC(=O)CCC/C=C\C/C=C\C/C=C\CC. The molecule has 0 radical (unpaired) electrons. The maximum absolute atomic E-state index is 12.6. The summed E-state index contributed by atoms with van der Waals surface area (Å²) in [6.07, 6.45) is 56.6. The molecule has 0 aromatic rings. The highest BCUT2D eigenvalue weighted by Gasteiger charge is 2.19. The van der Waals surface area contributed by atoms with Crippen LogP contribution in [0.4, 0.5) is 0 Å². The Balaban J connectivity index is 4.53. The molecular formula is C49H76O6. The summed E-state index contributed by atoms with van der Waals surface area (Å²) in [7, 11) is 0. The van der Waals surface area contributed by atoms with E-state index in [0.717, 1.165) is 83.5 Å². The molecule has 308 valence electrons. The van der Waals surface area contributed by atoms with Crippen molar-refractivity contribution >= 4 is 17.9 Å². The Kier molecular flexibility index (Phi) is 39.7. The standard InChI is InChI=1S/C49H76O6/c1-4-7-10-13-16-19-22-23-24-25-28-30-33-36-39-42-48(51)54-45-46(55-49(52)43-40-37-34-31-27-21-18-15-12-9-6-3)44-53-47(50)41-38-35-32-29-26-20-17-14-11-8-5-2/h7-13,16-22,29,31-32,34,46H,4-6,14-15,23-28,30,33,35-45H2,1-3H3/b10-7-,11-8-,12-9-,16-13-,20-17-,21-18-,22-19-,32-29-,34-31-. The quantitative estimate of drug-likeness (QED) is 0.0208. The second-order valence-electron chi connectivity index (χ2n) is 13.5. The van der Waals surface area contributed by atoms with Gasteiger partial charge >= 0.3 is 17.9 Å². The molecular weight excluding hydrogens is 685 g/mol. The first-order valence-electron chi connectivity index (χ1n) is 21.4. The van der Waals surface area contributed by atoms with Crippen molar-refractivity contribution in [1.82, 2.24) is 0 Å². The molecule has 0 saturated heterocycles. The van der Waals surface area contributed by atoms with E-state index in [1.807, 2.05) is 0 Å². The number of carbonyl (C=O) groups excluding carboxylic acids is 3. The van der Waals surface area contributed by atoms with E-state index in [9.17, 15) is 14.4 Å². The predicted octanol–water partition coefficient (Wildman–Crippen LogP) is 13.6. The first kappa shape index (κ1) is 51.1. The second kappa shape index (κ2) is 42.8. The molecule has 0 spiro atoms. The van der Waals surface area contributed by atoms with Gasteiger partial charge < -0.3 is 14.2 Å². The van der Waals surface area contributed by atoms with Crippen LogP contribution >= 0.6 is 0 Å². The molecule has 0 aliphatic heterocycles. The van der Waals surface area contributed by atoms with Gasteiger partial charge in [-0.15, -0.1) is 0 Å². The molecule has 55 heavy (non-hydrogen) atoms. The lowest BCUT2D eigenvalue weighted by Gasteiger charge is -2.18. The smallest absolute Gasteiger partial charge is 0.306 e. The summed E-state index contributed by atoms with van der Waals surface area (Å²) >= 11 is 0. The maximum atomic E-state index is 12.6. The largest absolute Gasteiger partial charge is 0.462 e. The van der Waals surface area contributed by atoms with E-state index < -0.39 is 6.10 Å². The average molecular weight is 761 g/mol. The fourth-order valence-corrected chi connectivity index (χ4v) is 5.19. The molecule has 0 aromatic heterocycles. The van der Waals surface area contributed by atoms with E-state index >= 15 is 0 Å². The summed E-state index contributed by atoms with van der Waals surface area (Å²) in [6.45, 7) is 6.12. The Bertz CT molecular complexity index is 1200. The van der Waals surface area contributed by atoms with Crippen molar-refractivity contribution in [3.05, 3.63) is 109 Å². The zero-order valence-corrected chi connectivity index (χ0v) is 34.9. The van der Waals surface area contributed by atoms with E-state index in [1.54, 1.807) is 0 Å². The summed E-state index contributed by atoms with van der Waals surface area (Å²) < 4.78 is 16.5. The number of rotatable bonds is 36. The Morgan fingerprint density at radius 1 is 0.382 bits per heavy atom. The molecule has 6 heteroatoms. The molecule has 0 saturated carbocycles. The molecule has 1 atom stereocenters. The normalized spacial score (nSPS) is 13.1. The van der Waals surface area contributed by atoms with Crippen LogP contribution in [0.5, 0.6) is 0 Å². The number of allylic oxidation sites excluding steroid dienone is 18. The Morgan fingerprint density at radius 3 is 1.27 bits per heavy atom. The van der Waals surface area contributed by atoms with Crippen molar-refractivity contribution < 1.29 is 28.6 Å². The van der Waals surface area contributed by atoms with Crippen LogP contribution in [-0.4, -0.2) is 37.2 Å². The number of hydrogen-bond donors (Lipinski definition) is 0. The molecule has 0 amide bonds. The third kappa shape index (κ3) is 41.1. The number of carbonyl (C=O) groups is 3. The fourth-order valence-electron chi connectivity index (χ4n) is 5.19. The number of unbranched alkanes of at least 4 members (excludes halogenated alkanes) is 9. The molecule has 0 N–H and O–H groups in total. The predicted molar refractivity (Wildman–Crippen MR) is 233 cm³/mol. The number of ether oxygens (including phenoxy) is 3. The van der Waals surface area contributed by atoms with Gasteiger partial charge in [-0.25, -0.2) is 0 Å². The van der Waals surface area contributed by atoms with Crippen molar-refractivity contribution in [2.75, 3.05) is 13.2 Å². The Labute approximate surface area is 336 Å². The van der Waals surface area contributed by atoms with Crippen molar-refractivity contribution in [3.8, 4) is 0 Å². The third-order valence-electron chi connectivity index (χ3n) is 8.31. The average Bonchev–Trinajstić information content (AvgIpc) is 3.18. The lowest BCUT2D eigenvalue weighted by Crippen LogP contribution is -2.30. The molecule has 0 aromatic carbocycles. The van der Waals surface area contributed by atoms with Crippen LogP contribution in [0.15, 0.2) is 109 Å². The third-order valence-corrected chi connectivity index (χ3v) is 8.31. The molecule has 0 aliphatic carbocycles. The first-order valence-corrected chi connectivity index (χ1v) is 21.4. The summed E-state index contributed by atoms with van der Waals surface area (Å²) in [6, 6.07) is 0. The van der Waals surface area contributed by atoms with Crippen LogP contribution in [0.25, 0.3) is 0 Å². The van der Waals surface area contributed by atoms with Gasteiger partial charge in [-0.2, -0.15) is 0 Å². The molecule has 1 unspecified atom stereocenters. The fraction of sp³-hybridized carbons (Fsp3) is 0.571. The van der Waals surface area contributed by atoms with Gasteiger partial charge in [-0.3, -0.25) is 14.4 Å². The van der Waals surface area contributed by atoms with E-state index in [1.165, 1.54) is 25.7 Å². The van der Waals surface area contributed by atoms with Crippen LogP contribution < -0.4 is 0 Å². The van der Waals surface area contributed by atoms with Crippen LogP contribution in [-0.2, 0) is 28.6 Å². The molecule has 0 aliphatic rings. The minimum atomic E-state index is -0.828. The molecule has 0 rings (SSSR count). The molecule has 0 fully saturated rings. The molecule has 0 heterocycles. The minimum absolute atomic E-state index is 0.123. The van der Waals surface area contributed by atoms with Crippen LogP contribution in [0, 0.1) is 0 Å². The Morgan fingerprint density at radius 2 is 0.764 bits per heavy atom. The van der Waals surface area contributed by atoms with Crippen molar-refractivity contribution in [2.24, 2.45) is 0 Å². The zero-order valence-electron chi connectivity index (χ0n) is 34.9. The van der Waals surface area contributed by atoms with Crippen LogP contribution in [0.1, 0.15) is 162 Å². The first-order chi connectivity index (χ1) is 27.0. The lowest BCUT2D eigenvalue weighted by molar-refractivity contribution is -0.167. The zero-order chi connectivity index (χ0) is 40.1. The summed E-state index contributed by atoms with van der Waals surface area (Å²) in [5.74, 6) is -1.06. The minimum Gasteiger partial charge on any atom is -0.462 e. The van der Waals surface area contributed by atoms with Gasteiger partial charge in [-0.05, 0) is 89.9 Å². The van der Waals surface area contributed by atoms with Crippen LogP contribution in [0.3, 0.4) is 0 Å². The highest BCUT2D eigenvalue weighted by atomic mass is 16.6. The van der Waals surface area contributed by atoms with Crippen LogP contribution in [0.2, 0.25) is 0 Å². The van der Waals surface area contributed by atoms with Gasteiger partial charge in [0.15, 0.2) is 6.10 Å². The van der Waals surface area contributed by atoms with E-state index in [0.29, 0.717) is 19.3 Å². The van der Waals surface area contributed by atoms with Gasteiger partial charge in [0.2, 0.25) is 0 Å². The van der Waals surface area contributed by atoms with Crippen molar-refractivity contribution in [1.29, 1.82) is 0 Å². The second-order valence-corrected chi connectivity index (χ2v) is 13.5. The van der Waals surface area contributed by atoms with E-state index in [2.05, 4.69) is 130 Å².